The summed E-state index contributed by atoms with van der Waals surface area (Å²) >= 11 is 0. The zero-order chi connectivity index (χ0) is 16.3. The van der Waals surface area contributed by atoms with Crippen molar-refractivity contribution in [1.82, 2.24) is 10.2 Å². The zero-order valence-electron chi connectivity index (χ0n) is 14.4. The molecule has 22 heavy (non-hydrogen) atoms. The number of amides is 1. The SMILES string of the molecule is CN(C)Cc1ccc2c(c1)CCCC2NC(=O)OC(C)(C)C. The minimum Gasteiger partial charge on any atom is -0.444 e. The van der Waals surface area contributed by atoms with Crippen molar-refractivity contribution in [3.8, 4) is 0 Å². The topological polar surface area (TPSA) is 41.6 Å². The molecule has 0 aliphatic heterocycles. The lowest BCUT2D eigenvalue weighted by Crippen LogP contribution is -2.36. The van der Waals surface area contributed by atoms with Gasteiger partial charge in [0.25, 0.3) is 0 Å². The normalized spacial score (nSPS) is 18.0. The molecule has 0 fully saturated rings. The fourth-order valence-electron chi connectivity index (χ4n) is 2.93. The summed E-state index contributed by atoms with van der Waals surface area (Å²) in [6.45, 7) is 6.59. The van der Waals surface area contributed by atoms with Crippen molar-refractivity contribution in [2.24, 2.45) is 0 Å². The second-order valence-corrected chi connectivity index (χ2v) is 7.36. The van der Waals surface area contributed by atoms with Gasteiger partial charge in [0.05, 0.1) is 6.04 Å². The van der Waals surface area contributed by atoms with Crippen LogP contribution in [0.15, 0.2) is 18.2 Å². The summed E-state index contributed by atoms with van der Waals surface area (Å²) in [4.78, 5) is 14.2. The Morgan fingerprint density at radius 1 is 1.36 bits per heavy atom. The summed E-state index contributed by atoms with van der Waals surface area (Å²) in [7, 11) is 4.15. The molecule has 1 aliphatic rings. The molecule has 0 saturated carbocycles. The van der Waals surface area contributed by atoms with Crippen molar-refractivity contribution >= 4 is 6.09 Å². The molecular weight excluding hydrogens is 276 g/mol. The highest BCUT2D eigenvalue weighted by Gasteiger charge is 2.24. The van der Waals surface area contributed by atoms with E-state index in [1.165, 1.54) is 16.7 Å². The largest absolute Gasteiger partial charge is 0.444 e. The number of nitrogens with one attached hydrogen (secondary N) is 1. The third-order valence-electron chi connectivity index (χ3n) is 3.71. The van der Waals surface area contributed by atoms with Gasteiger partial charge in [-0.15, -0.1) is 0 Å². The Hall–Kier alpha value is -1.55. The Balaban J connectivity index is 2.10. The van der Waals surface area contributed by atoms with E-state index in [9.17, 15) is 4.79 Å². The number of carbonyl (C=O) groups excluding carboxylic acids is 1. The number of alkyl carbamates (subject to hydrolysis) is 1. The minimum absolute atomic E-state index is 0.0620. The van der Waals surface area contributed by atoms with Gasteiger partial charge in [0.1, 0.15) is 5.60 Å². The summed E-state index contributed by atoms with van der Waals surface area (Å²) < 4.78 is 5.38. The Labute approximate surface area is 133 Å². The van der Waals surface area contributed by atoms with E-state index in [4.69, 9.17) is 4.74 Å². The van der Waals surface area contributed by atoms with Crippen molar-refractivity contribution in [3.63, 3.8) is 0 Å². The Bertz CT molecular complexity index is 532. The molecule has 0 radical (unpaired) electrons. The quantitative estimate of drug-likeness (QED) is 0.926. The number of ether oxygens (including phenoxy) is 1. The predicted octanol–water partition coefficient (Wildman–Crippen LogP) is 3.65. The molecule has 1 aromatic carbocycles. The maximum atomic E-state index is 12.0. The Morgan fingerprint density at radius 2 is 2.09 bits per heavy atom. The van der Waals surface area contributed by atoms with Crippen LogP contribution in [0.5, 0.6) is 0 Å². The molecular formula is C18H28N2O2. The lowest BCUT2D eigenvalue weighted by molar-refractivity contribution is 0.0498. The minimum atomic E-state index is -0.461. The van der Waals surface area contributed by atoms with Crippen LogP contribution in [0.25, 0.3) is 0 Å². The smallest absolute Gasteiger partial charge is 0.408 e. The van der Waals surface area contributed by atoms with E-state index in [2.05, 4.69) is 42.5 Å². The highest BCUT2D eigenvalue weighted by molar-refractivity contribution is 5.68. The van der Waals surface area contributed by atoms with Crippen LogP contribution in [0.2, 0.25) is 0 Å². The molecule has 0 spiro atoms. The summed E-state index contributed by atoms with van der Waals surface area (Å²) in [5, 5.41) is 3.02. The molecule has 1 unspecified atom stereocenters. The van der Waals surface area contributed by atoms with Crippen molar-refractivity contribution in [2.45, 2.75) is 58.2 Å². The molecule has 0 bridgehead atoms. The zero-order valence-corrected chi connectivity index (χ0v) is 14.4. The molecule has 0 saturated heterocycles. The van der Waals surface area contributed by atoms with Crippen molar-refractivity contribution in [2.75, 3.05) is 14.1 Å². The fraction of sp³-hybridized carbons (Fsp3) is 0.611. The standard InChI is InChI=1S/C18H28N2O2/c1-18(2,3)22-17(21)19-16-8-6-7-14-11-13(12-20(4)5)9-10-15(14)16/h9-11,16H,6-8,12H2,1-5H3,(H,19,21). The molecule has 0 aromatic heterocycles. The summed E-state index contributed by atoms with van der Waals surface area (Å²) in [5.74, 6) is 0. The molecule has 1 aromatic rings. The molecule has 2 rings (SSSR count). The van der Waals surface area contributed by atoms with Crippen LogP contribution >= 0.6 is 0 Å². The Kier molecular flexibility index (Phi) is 5.12. The van der Waals surface area contributed by atoms with E-state index >= 15 is 0 Å². The van der Waals surface area contributed by atoms with Crippen LogP contribution in [-0.2, 0) is 17.7 Å². The first kappa shape index (κ1) is 16.8. The highest BCUT2D eigenvalue weighted by Crippen LogP contribution is 2.31. The summed E-state index contributed by atoms with van der Waals surface area (Å²) in [6, 6.07) is 6.66. The van der Waals surface area contributed by atoms with Gasteiger partial charge in [0, 0.05) is 6.54 Å². The van der Waals surface area contributed by atoms with Crippen LogP contribution in [0.1, 0.15) is 56.3 Å². The van der Waals surface area contributed by atoms with Crippen LogP contribution < -0.4 is 5.32 Å². The fourth-order valence-corrected chi connectivity index (χ4v) is 2.93. The first-order valence-electron chi connectivity index (χ1n) is 8.00. The third-order valence-corrected chi connectivity index (χ3v) is 3.71. The summed E-state index contributed by atoms with van der Waals surface area (Å²) in [6.07, 6.45) is 2.82. The van der Waals surface area contributed by atoms with Gasteiger partial charge in [-0.2, -0.15) is 0 Å². The first-order chi connectivity index (χ1) is 10.2. The van der Waals surface area contributed by atoms with Gasteiger partial charge in [-0.25, -0.2) is 4.79 Å². The van der Waals surface area contributed by atoms with Crippen LogP contribution in [-0.4, -0.2) is 30.7 Å². The van der Waals surface area contributed by atoms with Gasteiger partial charge in [-0.3, -0.25) is 0 Å². The number of carbonyl (C=O) groups is 1. The van der Waals surface area contributed by atoms with Gasteiger partial charge in [-0.1, -0.05) is 18.2 Å². The van der Waals surface area contributed by atoms with Crippen LogP contribution in [0.4, 0.5) is 4.79 Å². The molecule has 122 valence electrons. The van der Waals surface area contributed by atoms with Crippen molar-refractivity contribution in [1.29, 1.82) is 0 Å². The molecule has 1 amide bonds. The second-order valence-electron chi connectivity index (χ2n) is 7.36. The Morgan fingerprint density at radius 3 is 2.73 bits per heavy atom. The molecule has 4 nitrogen and oxygen atoms in total. The number of hydrogen-bond acceptors (Lipinski definition) is 3. The van der Waals surface area contributed by atoms with E-state index in [1.807, 2.05) is 20.8 Å². The lowest BCUT2D eigenvalue weighted by Gasteiger charge is -2.28. The first-order valence-corrected chi connectivity index (χ1v) is 8.00. The highest BCUT2D eigenvalue weighted by atomic mass is 16.6. The number of fused-ring (bicyclic) bond motifs is 1. The molecule has 1 atom stereocenters. The lowest BCUT2D eigenvalue weighted by atomic mass is 9.86. The molecule has 4 heteroatoms. The number of hydrogen-bond donors (Lipinski definition) is 1. The maximum Gasteiger partial charge on any atom is 0.408 e. The van der Waals surface area contributed by atoms with Gasteiger partial charge in [0.15, 0.2) is 0 Å². The maximum absolute atomic E-state index is 12.0. The number of rotatable bonds is 3. The monoisotopic (exact) mass is 304 g/mol. The molecule has 1 N–H and O–H groups in total. The van der Waals surface area contributed by atoms with Gasteiger partial charge in [-0.05, 0) is 70.8 Å². The van der Waals surface area contributed by atoms with Crippen LogP contribution in [0, 0.1) is 0 Å². The number of nitrogens with zero attached hydrogens (tertiary/aromatic N) is 1. The third kappa shape index (κ3) is 4.73. The number of benzene rings is 1. The van der Waals surface area contributed by atoms with E-state index in [1.54, 1.807) is 0 Å². The van der Waals surface area contributed by atoms with Crippen LogP contribution in [0.3, 0.4) is 0 Å². The van der Waals surface area contributed by atoms with E-state index in [0.29, 0.717) is 0 Å². The second kappa shape index (κ2) is 6.69. The van der Waals surface area contributed by atoms with E-state index < -0.39 is 5.60 Å². The molecule has 0 heterocycles. The van der Waals surface area contributed by atoms with Crippen molar-refractivity contribution in [3.05, 3.63) is 34.9 Å². The predicted molar refractivity (Wildman–Crippen MR) is 88.9 cm³/mol. The average molecular weight is 304 g/mol. The van der Waals surface area contributed by atoms with Crippen molar-refractivity contribution < 1.29 is 9.53 Å². The van der Waals surface area contributed by atoms with Gasteiger partial charge >= 0.3 is 6.09 Å². The van der Waals surface area contributed by atoms with E-state index in [-0.39, 0.29) is 12.1 Å². The summed E-state index contributed by atoms with van der Waals surface area (Å²) in [5.41, 5.74) is 3.45. The van der Waals surface area contributed by atoms with E-state index in [0.717, 1.165) is 25.8 Å². The average Bonchev–Trinajstić information content (AvgIpc) is 2.35. The van der Waals surface area contributed by atoms with Gasteiger partial charge in [0.2, 0.25) is 0 Å². The number of aryl methyl sites for hydroxylation is 1. The van der Waals surface area contributed by atoms with Gasteiger partial charge < -0.3 is 15.0 Å². The molecule has 1 aliphatic carbocycles.